The van der Waals surface area contributed by atoms with Crippen molar-refractivity contribution in [1.82, 2.24) is 0 Å². The Hall–Kier alpha value is -0.206. The van der Waals surface area contributed by atoms with Gasteiger partial charge >= 0.3 is 89.5 Å². The molecule has 0 aliphatic rings. The SMILES string of the molecule is Cc1cccc2cccc([O][Ti])c12.Cl.Cl. The summed E-state index contributed by atoms with van der Waals surface area (Å²) >= 11 is 1.71. The van der Waals surface area contributed by atoms with Gasteiger partial charge in [0.1, 0.15) is 0 Å². The molecule has 0 aromatic heterocycles. The van der Waals surface area contributed by atoms with Crippen molar-refractivity contribution in [3.63, 3.8) is 0 Å². The van der Waals surface area contributed by atoms with E-state index in [2.05, 4.69) is 31.2 Å². The summed E-state index contributed by atoms with van der Waals surface area (Å²) in [5.41, 5.74) is 1.26. The molecule has 1 nitrogen and oxygen atoms in total. The second-order valence-electron chi connectivity index (χ2n) is 3.03. The van der Waals surface area contributed by atoms with Gasteiger partial charge in [0, 0.05) is 0 Å². The minimum atomic E-state index is 0. The van der Waals surface area contributed by atoms with Crippen LogP contribution in [0.3, 0.4) is 0 Å². The van der Waals surface area contributed by atoms with Gasteiger partial charge in [0.25, 0.3) is 0 Å². The summed E-state index contributed by atoms with van der Waals surface area (Å²) in [7, 11) is 0. The molecule has 2 rings (SSSR count). The van der Waals surface area contributed by atoms with Gasteiger partial charge in [0.2, 0.25) is 0 Å². The van der Waals surface area contributed by atoms with E-state index >= 15 is 0 Å². The molecule has 0 saturated carbocycles. The number of halogens is 2. The average Bonchev–Trinajstić information content (AvgIpc) is 2.17. The third-order valence-electron chi connectivity index (χ3n) is 2.18. The van der Waals surface area contributed by atoms with Crippen LogP contribution in [0.2, 0.25) is 0 Å². The first-order valence-electron chi connectivity index (χ1n) is 4.15. The van der Waals surface area contributed by atoms with E-state index in [9.17, 15) is 0 Å². The first-order valence-corrected chi connectivity index (χ1v) is 4.78. The Morgan fingerprint density at radius 1 is 1.00 bits per heavy atom. The van der Waals surface area contributed by atoms with E-state index in [0.29, 0.717) is 0 Å². The maximum Gasteiger partial charge on any atom is -0.147 e. The van der Waals surface area contributed by atoms with E-state index in [1.165, 1.54) is 16.3 Å². The van der Waals surface area contributed by atoms with Crippen LogP contribution in [-0.4, -0.2) is 0 Å². The zero-order chi connectivity index (χ0) is 9.26. The topological polar surface area (TPSA) is 9.23 Å². The summed E-state index contributed by atoms with van der Waals surface area (Å²) in [6.45, 7) is 2.10. The Bertz CT molecular complexity index is 440. The van der Waals surface area contributed by atoms with Crippen LogP contribution >= 0.6 is 24.8 Å². The third-order valence-corrected chi connectivity index (χ3v) is 2.53. The fourth-order valence-electron chi connectivity index (χ4n) is 1.57. The molecule has 0 bridgehead atoms. The van der Waals surface area contributed by atoms with E-state index < -0.39 is 0 Å². The molecule has 0 unspecified atom stereocenters. The molecule has 0 heterocycles. The molecule has 15 heavy (non-hydrogen) atoms. The second kappa shape index (κ2) is 6.39. The molecule has 2 aromatic carbocycles. The molecule has 0 radical (unpaired) electrons. The average molecular weight is 278 g/mol. The van der Waals surface area contributed by atoms with Crippen molar-refractivity contribution >= 4 is 35.6 Å². The van der Waals surface area contributed by atoms with E-state index in [4.69, 9.17) is 3.32 Å². The first-order chi connectivity index (χ1) is 6.33. The van der Waals surface area contributed by atoms with Crippen LogP contribution in [0.1, 0.15) is 5.56 Å². The molecule has 0 fully saturated rings. The van der Waals surface area contributed by atoms with Crippen LogP contribution in [0.5, 0.6) is 5.75 Å². The van der Waals surface area contributed by atoms with E-state index in [0.717, 1.165) is 5.75 Å². The standard InChI is InChI=1S/C11H10O.2ClH.Ti/c1-8-4-2-5-9-6-3-7-10(12)11(8)9;;;/h2-7,12H,1H3;2*1H;/q;;;+1/p-1. The van der Waals surface area contributed by atoms with Crippen molar-refractivity contribution in [2.24, 2.45) is 0 Å². The van der Waals surface area contributed by atoms with Gasteiger partial charge in [-0.3, -0.25) is 0 Å². The normalized spacial score (nSPS) is 8.80. The van der Waals surface area contributed by atoms with Crippen LogP contribution in [-0.2, 0) is 20.8 Å². The Labute approximate surface area is 114 Å². The van der Waals surface area contributed by atoms with Gasteiger partial charge in [-0.1, -0.05) is 0 Å². The van der Waals surface area contributed by atoms with Crippen LogP contribution < -0.4 is 3.32 Å². The van der Waals surface area contributed by atoms with Crippen LogP contribution in [0, 0.1) is 6.92 Å². The molecule has 79 valence electrons. The van der Waals surface area contributed by atoms with E-state index in [1.54, 1.807) is 20.8 Å². The fourth-order valence-corrected chi connectivity index (χ4v) is 1.84. The molecule has 4 heteroatoms. The van der Waals surface area contributed by atoms with Gasteiger partial charge in [-0.2, -0.15) is 0 Å². The Morgan fingerprint density at radius 3 is 2.20 bits per heavy atom. The zero-order valence-corrected chi connectivity index (χ0v) is 11.4. The minimum absolute atomic E-state index is 0. The largest absolute Gasteiger partial charge is 0.147 e. The molecule has 0 saturated heterocycles. The van der Waals surface area contributed by atoms with Gasteiger partial charge < -0.3 is 0 Å². The second-order valence-corrected chi connectivity index (χ2v) is 3.35. The van der Waals surface area contributed by atoms with E-state index in [-0.39, 0.29) is 24.8 Å². The number of benzene rings is 2. The van der Waals surface area contributed by atoms with Gasteiger partial charge in [0.05, 0.1) is 0 Å². The van der Waals surface area contributed by atoms with Crippen molar-refractivity contribution in [2.75, 3.05) is 0 Å². The summed E-state index contributed by atoms with van der Waals surface area (Å²) in [5.74, 6) is 0.954. The summed E-state index contributed by atoms with van der Waals surface area (Å²) in [4.78, 5) is 0. The van der Waals surface area contributed by atoms with Gasteiger partial charge in [-0.25, -0.2) is 0 Å². The van der Waals surface area contributed by atoms with Crippen molar-refractivity contribution in [3.8, 4) is 5.75 Å². The zero-order valence-electron chi connectivity index (χ0n) is 8.19. The maximum absolute atomic E-state index is 5.31. The summed E-state index contributed by atoms with van der Waals surface area (Å²) in [5, 5.41) is 2.45. The molecule has 2 aromatic rings. The molecular formula is C11H11Cl2OTi. The number of hydrogen-bond acceptors (Lipinski definition) is 1. The van der Waals surface area contributed by atoms with Crippen molar-refractivity contribution in [3.05, 3.63) is 42.0 Å². The van der Waals surface area contributed by atoms with Crippen molar-refractivity contribution in [1.29, 1.82) is 0 Å². The predicted octanol–water partition coefficient (Wildman–Crippen LogP) is 3.83. The molecule has 0 N–H and O–H groups in total. The van der Waals surface area contributed by atoms with Crippen LogP contribution in [0.25, 0.3) is 10.8 Å². The van der Waals surface area contributed by atoms with Crippen LogP contribution in [0.4, 0.5) is 0 Å². The fraction of sp³-hybridized carbons (Fsp3) is 0.0909. The molecule has 0 aliphatic heterocycles. The minimum Gasteiger partial charge on any atom is -0.147 e. The monoisotopic (exact) mass is 277 g/mol. The van der Waals surface area contributed by atoms with Crippen molar-refractivity contribution in [2.45, 2.75) is 6.92 Å². The maximum atomic E-state index is 5.31. The molecule has 0 aliphatic carbocycles. The smallest absolute Gasteiger partial charge is 0.147 e. The third kappa shape index (κ3) is 2.88. The van der Waals surface area contributed by atoms with Crippen LogP contribution in [0.15, 0.2) is 36.4 Å². The van der Waals surface area contributed by atoms with E-state index in [1.807, 2.05) is 12.1 Å². The Kier molecular flexibility index (Phi) is 6.30. The van der Waals surface area contributed by atoms with Gasteiger partial charge in [0.15, 0.2) is 0 Å². The van der Waals surface area contributed by atoms with Gasteiger partial charge in [-0.05, 0) is 0 Å². The summed E-state index contributed by atoms with van der Waals surface area (Å²) < 4.78 is 5.31. The molecular weight excluding hydrogens is 267 g/mol. The number of rotatable bonds is 1. The predicted molar refractivity (Wildman–Crippen MR) is 63.8 cm³/mol. The first kappa shape index (κ1) is 14.8. The molecule has 0 atom stereocenters. The Morgan fingerprint density at radius 2 is 1.60 bits per heavy atom. The quantitative estimate of drug-likeness (QED) is 0.720. The summed E-state index contributed by atoms with van der Waals surface area (Å²) in [6.07, 6.45) is 0. The Balaban J connectivity index is 0.000000980. The number of aryl methyl sites for hydroxylation is 1. The summed E-state index contributed by atoms with van der Waals surface area (Å²) in [6, 6.07) is 12.4. The number of fused-ring (bicyclic) bond motifs is 1. The van der Waals surface area contributed by atoms with Crippen molar-refractivity contribution < 1.29 is 24.1 Å². The number of hydrogen-bond donors (Lipinski definition) is 0. The molecule has 0 spiro atoms. The van der Waals surface area contributed by atoms with Gasteiger partial charge in [-0.15, -0.1) is 24.8 Å². The molecule has 0 amide bonds.